The van der Waals surface area contributed by atoms with Gasteiger partial charge in [-0.3, -0.25) is 4.89 Å². The van der Waals surface area contributed by atoms with Gasteiger partial charge in [-0.25, -0.2) is 4.79 Å². The van der Waals surface area contributed by atoms with E-state index in [1.165, 1.54) is 0 Å². The monoisotopic (exact) mass is 158 g/mol. The third-order valence-electron chi connectivity index (χ3n) is 1.40. The van der Waals surface area contributed by atoms with Crippen LogP contribution in [0.4, 0.5) is 0 Å². The Balaban J connectivity index is 4.58. The summed E-state index contributed by atoms with van der Waals surface area (Å²) in [7, 11) is 0. The van der Waals surface area contributed by atoms with Crippen LogP contribution in [-0.2, 0) is 9.68 Å². The van der Waals surface area contributed by atoms with Crippen LogP contribution < -0.4 is 0 Å². The second-order valence-corrected chi connectivity index (χ2v) is 3.33. The van der Waals surface area contributed by atoms with Crippen LogP contribution in [0.1, 0.15) is 27.7 Å². The Bertz CT molecular complexity index is 174. The summed E-state index contributed by atoms with van der Waals surface area (Å²) in [4.78, 5) is 14.5. The van der Waals surface area contributed by atoms with Gasteiger partial charge in [0.1, 0.15) is 0 Å². The zero-order valence-corrected chi connectivity index (χ0v) is 7.34. The number of hydrogen-bond acceptors (Lipinski definition) is 3. The van der Waals surface area contributed by atoms with Crippen LogP contribution >= 0.6 is 0 Å². The van der Waals surface area contributed by atoms with E-state index in [0.29, 0.717) is 5.57 Å². The number of allylic oxidation sites excluding steroid dienone is 1. The molecule has 0 spiro atoms. The molecule has 0 atom stereocenters. The summed E-state index contributed by atoms with van der Waals surface area (Å²) in [6, 6.07) is 0. The Labute approximate surface area is 66.6 Å². The van der Waals surface area contributed by atoms with Gasteiger partial charge in [0.15, 0.2) is 0 Å². The van der Waals surface area contributed by atoms with E-state index in [2.05, 4.69) is 4.89 Å². The molecule has 3 heteroatoms. The first kappa shape index (κ1) is 10.2. The van der Waals surface area contributed by atoms with Crippen LogP contribution in [0.15, 0.2) is 11.6 Å². The van der Waals surface area contributed by atoms with Gasteiger partial charge in [-0.1, -0.05) is 26.8 Å². The van der Waals surface area contributed by atoms with E-state index in [1.54, 1.807) is 13.0 Å². The average Bonchev–Trinajstić information content (AvgIpc) is 1.86. The van der Waals surface area contributed by atoms with Gasteiger partial charge in [-0.2, -0.15) is 5.26 Å². The van der Waals surface area contributed by atoms with E-state index < -0.39 is 5.97 Å². The van der Waals surface area contributed by atoms with Gasteiger partial charge in [-0.05, 0) is 12.3 Å². The first-order valence-corrected chi connectivity index (χ1v) is 3.46. The van der Waals surface area contributed by atoms with E-state index in [1.807, 2.05) is 20.8 Å². The lowest BCUT2D eigenvalue weighted by molar-refractivity contribution is -0.230. The van der Waals surface area contributed by atoms with Crippen molar-refractivity contribution < 1.29 is 14.9 Å². The fourth-order valence-electron chi connectivity index (χ4n) is 0.906. The quantitative estimate of drug-likeness (QED) is 0.360. The Hall–Kier alpha value is -0.830. The third-order valence-corrected chi connectivity index (χ3v) is 1.40. The lowest BCUT2D eigenvalue weighted by atomic mass is 9.86. The molecule has 0 fully saturated rings. The highest BCUT2D eigenvalue weighted by atomic mass is 17.1. The van der Waals surface area contributed by atoms with Gasteiger partial charge in [0.25, 0.3) is 0 Å². The smallest absolute Gasteiger partial charge is 0.296 e. The highest BCUT2D eigenvalue weighted by Crippen LogP contribution is 2.25. The molecule has 3 nitrogen and oxygen atoms in total. The van der Waals surface area contributed by atoms with Crippen molar-refractivity contribution >= 4 is 5.97 Å². The van der Waals surface area contributed by atoms with Gasteiger partial charge in [0.05, 0.1) is 0 Å². The summed E-state index contributed by atoms with van der Waals surface area (Å²) >= 11 is 0. The van der Waals surface area contributed by atoms with Crippen LogP contribution in [0.5, 0.6) is 0 Å². The summed E-state index contributed by atoms with van der Waals surface area (Å²) in [5.74, 6) is -0.681. The normalized spacial score (nSPS) is 13.0. The molecule has 0 heterocycles. The average molecular weight is 158 g/mol. The van der Waals surface area contributed by atoms with Gasteiger partial charge < -0.3 is 0 Å². The Morgan fingerprint density at radius 3 is 2.00 bits per heavy atom. The second kappa shape index (κ2) is 3.53. The van der Waals surface area contributed by atoms with Crippen molar-refractivity contribution in [3.63, 3.8) is 0 Å². The van der Waals surface area contributed by atoms with Crippen molar-refractivity contribution in [1.82, 2.24) is 0 Å². The van der Waals surface area contributed by atoms with E-state index in [9.17, 15) is 4.79 Å². The first-order chi connectivity index (χ1) is 4.93. The predicted molar refractivity (Wildman–Crippen MR) is 41.9 cm³/mol. The zero-order chi connectivity index (χ0) is 9.07. The van der Waals surface area contributed by atoms with Gasteiger partial charge in [0, 0.05) is 5.57 Å². The van der Waals surface area contributed by atoms with Crippen LogP contribution in [0.3, 0.4) is 0 Å². The molecule has 0 aliphatic heterocycles. The molecule has 1 N–H and O–H groups in total. The highest BCUT2D eigenvalue weighted by Gasteiger charge is 2.24. The summed E-state index contributed by atoms with van der Waals surface area (Å²) in [5.41, 5.74) is 0.189. The largest absolute Gasteiger partial charge is 0.369 e. The van der Waals surface area contributed by atoms with E-state index in [0.717, 1.165) is 0 Å². The van der Waals surface area contributed by atoms with Crippen LogP contribution in [0, 0.1) is 5.41 Å². The fourth-order valence-corrected chi connectivity index (χ4v) is 0.906. The molecule has 0 aromatic carbocycles. The highest BCUT2D eigenvalue weighted by molar-refractivity contribution is 5.89. The number of rotatable bonds is 1. The molecule has 0 unspecified atom stereocenters. The Kier molecular flexibility index (Phi) is 3.26. The maximum absolute atomic E-state index is 10.8. The molecule has 0 aromatic rings. The zero-order valence-electron chi connectivity index (χ0n) is 7.34. The number of carbonyl (C=O) groups excluding carboxylic acids is 1. The molecule has 0 aliphatic rings. The van der Waals surface area contributed by atoms with Crippen molar-refractivity contribution in [2.75, 3.05) is 0 Å². The van der Waals surface area contributed by atoms with Gasteiger partial charge >= 0.3 is 5.97 Å². The molecule has 64 valence electrons. The third kappa shape index (κ3) is 2.72. The molecule has 0 rings (SSSR count). The van der Waals surface area contributed by atoms with Crippen LogP contribution in [0.2, 0.25) is 0 Å². The lowest BCUT2D eigenvalue weighted by Crippen LogP contribution is -2.18. The van der Waals surface area contributed by atoms with Crippen molar-refractivity contribution in [2.45, 2.75) is 27.7 Å². The minimum absolute atomic E-state index is 0.283. The SMILES string of the molecule is C/C=C(/C(=O)OO)C(C)(C)C. The standard InChI is InChI=1S/C8H14O3/c1-5-6(7(9)11-10)8(2,3)4/h5,10H,1-4H3/b6-5-. The van der Waals surface area contributed by atoms with Gasteiger partial charge in [0.2, 0.25) is 0 Å². The molecule has 0 aromatic heterocycles. The fraction of sp³-hybridized carbons (Fsp3) is 0.625. The van der Waals surface area contributed by atoms with Gasteiger partial charge in [-0.15, -0.1) is 0 Å². The summed E-state index contributed by atoms with van der Waals surface area (Å²) in [6.07, 6.45) is 1.64. The molecule has 0 saturated carbocycles. The Morgan fingerprint density at radius 2 is 1.91 bits per heavy atom. The molecule has 0 aliphatic carbocycles. The number of carbonyl (C=O) groups is 1. The minimum Gasteiger partial charge on any atom is -0.296 e. The van der Waals surface area contributed by atoms with Crippen molar-refractivity contribution in [3.8, 4) is 0 Å². The van der Waals surface area contributed by atoms with E-state index >= 15 is 0 Å². The van der Waals surface area contributed by atoms with Crippen molar-refractivity contribution in [1.29, 1.82) is 0 Å². The molecular weight excluding hydrogens is 144 g/mol. The maximum Gasteiger partial charge on any atom is 0.369 e. The van der Waals surface area contributed by atoms with E-state index in [-0.39, 0.29) is 5.41 Å². The van der Waals surface area contributed by atoms with Crippen LogP contribution in [0.25, 0.3) is 0 Å². The van der Waals surface area contributed by atoms with Crippen molar-refractivity contribution in [2.24, 2.45) is 5.41 Å². The van der Waals surface area contributed by atoms with E-state index in [4.69, 9.17) is 5.26 Å². The summed E-state index contributed by atoms with van der Waals surface area (Å²) in [6.45, 7) is 7.36. The van der Waals surface area contributed by atoms with Crippen molar-refractivity contribution in [3.05, 3.63) is 11.6 Å². The molecule has 0 amide bonds. The lowest BCUT2D eigenvalue weighted by Gasteiger charge is -2.19. The second-order valence-electron chi connectivity index (χ2n) is 3.33. The summed E-state index contributed by atoms with van der Waals surface area (Å²) in [5, 5.41) is 8.11. The molecule has 0 bridgehead atoms. The molecule has 0 saturated heterocycles. The molecular formula is C8H14O3. The number of hydrogen-bond donors (Lipinski definition) is 1. The Morgan fingerprint density at radius 1 is 1.45 bits per heavy atom. The molecule has 11 heavy (non-hydrogen) atoms. The predicted octanol–water partition coefficient (Wildman–Crippen LogP) is 2.00. The van der Waals surface area contributed by atoms with Crippen LogP contribution in [-0.4, -0.2) is 11.2 Å². The molecule has 0 radical (unpaired) electrons. The minimum atomic E-state index is -0.681. The topological polar surface area (TPSA) is 46.5 Å². The maximum atomic E-state index is 10.8. The first-order valence-electron chi connectivity index (χ1n) is 3.46. The summed E-state index contributed by atoms with van der Waals surface area (Å²) < 4.78 is 0.